The molecule has 0 fully saturated rings. The fourth-order valence-corrected chi connectivity index (χ4v) is 4.72. The van der Waals surface area contributed by atoms with Gasteiger partial charge in [-0.3, -0.25) is 0 Å². The van der Waals surface area contributed by atoms with E-state index >= 15 is 0 Å². The van der Waals surface area contributed by atoms with E-state index in [1.165, 1.54) is 12.1 Å². The van der Waals surface area contributed by atoms with Gasteiger partial charge in [0.2, 0.25) is 0 Å². The molecule has 0 spiro atoms. The molecule has 0 aliphatic carbocycles. The van der Waals surface area contributed by atoms with Gasteiger partial charge in [0.05, 0.1) is 11.1 Å². The SMILES string of the molecule is CCOc1cc(CNc2cc(Cl)ccc2C)cc(Br)c1OS(=O)(=O)c1ccc(C)cc1. The molecule has 0 saturated heterocycles. The molecule has 1 N–H and O–H groups in total. The Balaban J connectivity index is 1.88. The number of anilines is 1. The molecule has 3 rings (SSSR count). The van der Waals surface area contributed by atoms with Gasteiger partial charge in [0, 0.05) is 17.3 Å². The summed E-state index contributed by atoms with van der Waals surface area (Å²) in [5.74, 6) is 0.456. The van der Waals surface area contributed by atoms with E-state index in [4.69, 9.17) is 20.5 Å². The minimum absolute atomic E-state index is 0.0784. The molecule has 0 heterocycles. The van der Waals surface area contributed by atoms with E-state index in [-0.39, 0.29) is 10.6 Å². The number of hydrogen-bond acceptors (Lipinski definition) is 5. The molecule has 8 heteroatoms. The van der Waals surface area contributed by atoms with Gasteiger partial charge in [0.15, 0.2) is 11.5 Å². The van der Waals surface area contributed by atoms with Gasteiger partial charge in [-0.25, -0.2) is 0 Å². The average molecular weight is 525 g/mol. The van der Waals surface area contributed by atoms with Gasteiger partial charge in [0.25, 0.3) is 0 Å². The third-order valence-corrected chi connectivity index (χ3v) is 6.61. The molecule has 164 valence electrons. The number of halogens is 2. The van der Waals surface area contributed by atoms with Crippen LogP contribution in [-0.4, -0.2) is 15.0 Å². The Kier molecular flexibility index (Phi) is 7.51. The van der Waals surface area contributed by atoms with Gasteiger partial charge < -0.3 is 14.2 Å². The van der Waals surface area contributed by atoms with Crippen molar-refractivity contribution in [2.45, 2.75) is 32.2 Å². The van der Waals surface area contributed by atoms with Crippen LogP contribution in [0.3, 0.4) is 0 Å². The van der Waals surface area contributed by atoms with E-state index < -0.39 is 10.1 Å². The highest BCUT2D eigenvalue weighted by atomic mass is 79.9. The van der Waals surface area contributed by atoms with Crippen LogP contribution in [0, 0.1) is 13.8 Å². The molecule has 0 bridgehead atoms. The monoisotopic (exact) mass is 523 g/mol. The second-order valence-electron chi connectivity index (χ2n) is 7.00. The van der Waals surface area contributed by atoms with Crippen LogP contribution in [-0.2, 0) is 16.7 Å². The Morgan fingerprint density at radius 1 is 1.03 bits per heavy atom. The number of rotatable bonds is 8. The average Bonchev–Trinajstić information content (AvgIpc) is 2.71. The molecule has 3 aromatic rings. The maximum Gasteiger partial charge on any atom is 0.339 e. The zero-order valence-electron chi connectivity index (χ0n) is 17.4. The van der Waals surface area contributed by atoms with Crippen LogP contribution < -0.4 is 14.2 Å². The minimum atomic E-state index is -4.01. The van der Waals surface area contributed by atoms with Crippen LogP contribution in [0.25, 0.3) is 0 Å². The first-order valence-electron chi connectivity index (χ1n) is 9.66. The van der Waals surface area contributed by atoms with E-state index in [9.17, 15) is 8.42 Å². The van der Waals surface area contributed by atoms with Gasteiger partial charge >= 0.3 is 10.1 Å². The highest BCUT2D eigenvalue weighted by molar-refractivity contribution is 9.10. The lowest BCUT2D eigenvalue weighted by molar-refractivity contribution is 0.326. The first kappa shape index (κ1) is 23.4. The van der Waals surface area contributed by atoms with Crippen LogP contribution in [0.5, 0.6) is 11.5 Å². The lowest BCUT2D eigenvalue weighted by Gasteiger charge is -2.16. The molecule has 0 saturated carbocycles. The summed E-state index contributed by atoms with van der Waals surface area (Å²) in [4.78, 5) is 0.0784. The molecule has 3 aromatic carbocycles. The maximum atomic E-state index is 12.8. The van der Waals surface area contributed by atoms with Crippen molar-refractivity contribution in [2.24, 2.45) is 0 Å². The summed E-state index contributed by atoms with van der Waals surface area (Å²) in [5.41, 5.74) is 3.83. The van der Waals surface area contributed by atoms with Crippen molar-refractivity contribution in [3.63, 3.8) is 0 Å². The molecule has 31 heavy (non-hydrogen) atoms. The lowest BCUT2D eigenvalue weighted by atomic mass is 10.1. The van der Waals surface area contributed by atoms with E-state index in [1.807, 2.05) is 39.0 Å². The Morgan fingerprint density at radius 2 is 1.74 bits per heavy atom. The van der Waals surface area contributed by atoms with E-state index in [0.717, 1.165) is 22.4 Å². The molecule has 0 atom stereocenters. The van der Waals surface area contributed by atoms with Crippen molar-refractivity contribution in [3.8, 4) is 11.5 Å². The normalized spacial score (nSPS) is 11.3. The van der Waals surface area contributed by atoms with Gasteiger partial charge in [-0.05, 0) is 84.2 Å². The summed E-state index contributed by atoms with van der Waals surface area (Å²) >= 11 is 9.53. The molecule has 0 aromatic heterocycles. The first-order chi connectivity index (χ1) is 14.7. The van der Waals surface area contributed by atoms with Crippen LogP contribution in [0.2, 0.25) is 5.02 Å². The van der Waals surface area contributed by atoms with Crippen LogP contribution >= 0.6 is 27.5 Å². The lowest BCUT2D eigenvalue weighted by Crippen LogP contribution is -2.12. The fraction of sp³-hybridized carbons (Fsp3) is 0.217. The van der Waals surface area contributed by atoms with Crippen molar-refractivity contribution in [1.29, 1.82) is 0 Å². The maximum absolute atomic E-state index is 12.8. The first-order valence-corrected chi connectivity index (χ1v) is 12.2. The van der Waals surface area contributed by atoms with Gasteiger partial charge in [-0.2, -0.15) is 8.42 Å². The van der Waals surface area contributed by atoms with Gasteiger partial charge in [0.1, 0.15) is 4.90 Å². The zero-order valence-corrected chi connectivity index (χ0v) is 20.6. The molecule has 0 aliphatic rings. The predicted molar refractivity (Wildman–Crippen MR) is 128 cm³/mol. The quantitative estimate of drug-likeness (QED) is 0.341. The number of hydrogen-bond donors (Lipinski definition) is 1. The standard InChI is InChI=1S/C23H23BrClNO4S/c1-4-29-22-12-17(14-26-21-13-18(25)8-7-16(21)3)11-20(24)23(22)30-31(27,28)19-9-5-15(2)6-10-19/h5-13,26H,4,14H2,1-3H3. The molecule has 5 nitrogen and oxygen atoms in total. The summed E-state index contributed by atoms with van der Waals surface area (Å²) in [6.07, 6.45) is 0. The fourth-order valence-electron chi connectivity index (χ4n) is 2.91. The highest BCUT2D eigenvalue weighted by Crippen LogP contribution is 2.39. The Bertz CT molecular complexity index is 1180. The Labute approximate surface area is 196 Å². The van der Waals surface area contributed by atoms with E-state index in [1.54, 1.807) is 24.3 Å². The van der Waals surface area contributed by atoms with E-state index in [0.29, 0.717) is 28.4 Å². The molecule has 0 amide bonds. The van der Waals surface area contributed by atoms with E-state index in [2.05, 4.69) is 21.2 Å². The molecular formula is C23H23BrClNO4S. The molecular weight excluding hydrogens is 502 g/mol. The topological polar surface area (TPSA) is 64.6 Å². The molecule has 0 unspecified atom stereocenters. The predicted octanol–water partition coefficient (Wildman–Crippen LogP) is 6.50. The van der Waals surface area contributed by atoms with Crippen molar-refractivity contribution >= 4 is 43.3 Å². The van der Waals surface area contributed by atoms with Crippen molar-refractivity contribution in [3.05, 3.63) is 80.8 Å². The van der Waals surface area contributed by atoms with Crippen LogP contribution in [0.4, 0.5) is 5.69 Å². The number of benzene rings is 3. The smallest absolute Gasteiger partial charge is 0.339 e. The number of nitrogens with one attached hydrogen (secondary N) is 1. The zero-order chi connectivity index (χ0) is 22.6. The molecule has 0 radical (unpaired) electrons. The largest absolute Gasteiger partial charge is 0.490 e. The second-order valence-corrected chi connectivity index (χ2v) is 9.84. The number of ether oxygens (including phenoxy) is 1. The third kappa shape index (κ3) is 5.93. The molecule has 0 aliphatic heterocycles. The van der Waals surface area contributed by atoms with Crippen molar-refractivity contribution in [1.82, 2.24) is 0 Å². The number of aryl methyl sites for hydroxylation is 2. The van der Waals surface area contributed by atoms with Crippen molar-refractivity contribution < 1.29 is 17.3 Å². The third-order valence-electron chi connectivity index (χ3n) is 4.55. The van der Waals surface area contributed by atoms with Gasteiger partial charge in [-0.1, -0.05) is 35.4 Å². The minimum Gasteiger partial charge on any atom is -0.490 e. The van der Waals surface area contributed by atoms with Crippen LogP contribution in [0.15, 0.2) is 64.0 Å². The summed E-state index contributed by atoms with van der Waals surface area (Å²) in [5, 5.41) is 3.99. The van der Waals surface area contributed by atoms with Crippen LogP contribution in [0.1, 0.15) is 23.6 Å². The summed E-state index contributed by atoms with van der Waals surface area (Å²) in [7, 11) is -4.01. The second kappa shape index (κ2) is 9.94. The van der Waals surface area contributed by atoms with Gasteiger partial charge in [-0.15, -0.1) is 0 Å². The van der Waals surface area contributed by atoms with Crippen molar-refractivity contribution in [2.75, 3.05) is 11.9 Å². The summed E-state index contributed by atoms with van der Waals surface area (Å²) in [6, 6.07) is 15.7. The Morgan fingerprint density at radius 3 is 2.42 bits per heavy atom. The highest BCUT2D eigenvalue weighted by Gasteiger charge is 2.22. The Hall–Kier alpha value is -2.22. The summed E-state index contributed by atoms with van der Waals surface area (Å²) in [6.45, 7) is 6.56. The summed E-state index contributed by atoms with van der Waals surface area (Å²) < 4.78 is 37.1.